The van der Waals surface area contributed by atoms with Crippen LogP contribution in [0.3, 0.4) is 0 Å². The lowest BCUT2D eigenvalue weighted by Gasteiger charge is -2.03. The average Bonchev–Trinajstić information content (AvgIpc) is 2.93. The lowest BCUT2D eigenvalue weighted by molar-refractivity contribution is -0.118. The van der Waals surface area contributed by atoms with E-state index in [9.17, 15) is 13.2 Å². The number of nitriles is 1. The van der Waals surface area contributed by atoms with Gasteiger partial charge in [0.2, 0.25) is 5.06 Å². The fourth-order valence-corrected chi connectivity index (χ4v) is 2.81. The largest absolute Gasteiger partial charge is 0.445 e. The zero-order valence-corrected chi connectivity index (χ0v) is 14.9. The number of nitrogens with one attached hydrogen (secondary N) is 2. The highest BCUT2D eigenvalue weighted by Gasteiger charge is 2.15. The molecule has 0 aliphatic heterocycles. The Hall–Kier alpha value is -2.52. The molecule has 0 aliphatic rings. The second-order valence-electron chi connectivity index (χ2n) is 4.60. The number of anilines is 1. The molecule has 0 bridgehead atoms. The lowest BCUT2D eigenvalue weighted by Crippen LogP contribution is -2.27. The second kappa shape index (κ2) is 8.04. The van der Waals surface area contributed by atoms with Crippen molar-refractivity contribution in [3.8, 4) is 16.9 Å². The van der Waals surface area contributed by atoms with Crippen molar-refractivity contribution in [1.29, 1.82) is 5.26 Å². The van der Waals surface area contributed by atoms with Crippen LogP contribution in [0, 0.1) is 18.3 Å². The van der Waals surface area contributed by atoms with Crippen molar-refractivity contribution >= 4 is 32.7 Å². The minimum Gasteiger partial charge on any atom is -0.445 e. The van der Waals surface area contributed by atoms with E-state index in [2.05, 4.69) is 14.5 Å². The molecule has 9 nitrogen and oxygen atoms in total. The van der Waals surface area contributed by atoms with Gasteiger partial charge < -0.3 is 4.74 Å². The molecule has 1 amide bonds. The summed E-state index contributed by atoms with van der Waals surface area (Å²) in [5.41, 5.74) is 1.06. The van der Waals surface area contributed by atoms with Crippen LogP contribution in [0.1, 0.15) is 11.3 Å². The Morgan fingerprint density at radius 2 is 2.04 bits per heavy atom. The first kappa shape index (κ1) is 18.8. The van der Waals surface area contributed by atoms with E-state index in [0.29, 0.717) is 22.1 Å². The van der Waals surface area contributed by atoms with Gasteiger partial charge in [0.25, 0.3) is 5.91 Å². The predicted octanol–water partition coefficient (Wildman–Crippen LogP) is 1.53. The third kappa shape index (κ3) is 5.50. The zero-order valence-electron chi connectivity index (χ0n) is 13.3. The molecule has 0 saturated carbocycles. The summed E-state index contributed by atoms with van der Waals surface area (Å²) < 4.78 is 34.2. The first-order chi connectivity index (χ1) is 11.8. The van der Waals surface area contributed by atoms with Gasteiger partial charge in [-0.25, -0.2) is 9.17 Å². The quantitative estimate of drug-likeness (QED) is 0.742. The minimum absolute atomic E-state index is 0.247. The summed E-state index contributed by atoms with van der Waals surface area (Å²) in [6.45, 7) is 1.03. The van der Waals surface area contributed by atoms with Crippen LogP contribution in [0.15, 0.2) is 24.3 Å². The van der Waals surface area contributed by atoms with Gasteiger partial charge in [-0.1, -0.05) is 11.3 Å². The molecule has 1 aromatic heterocycles. The van der Waals surface area contributed by atoms with Crippen LogP contribution in [-0.4, -0.2) is 33.0 Å². The maximum atomic E-state index is 11.7. The first-order valence-electron chi connectivity index (χ1n) is 6.86. The molecule has 2 aromatic rings. The first-order valence-corrected chi connectivity index (χ1v) is 9.08. The highest BCUT2D eigenvalue weighted by Crippen LogP contribution is 2.34. The number of amides is 1. The Kier molecular flexibility index (Phi) is 6.05. The number of aryl methyl sites for hydroxylation is 1. The van der Waals surface area contributed by atoms with Crippen LogP contribution in [0.4, 0.5) is 5.13 Å². The van der Waals surface area contributed by atoms with Gasteiger partial charge in [-0.2, -0.15) is 18.4 Å². The highest BCUT2D eigenvalue weighted by atomic mass is 32.2. The Morgan fingerprint density at radius 3 is 2.64 bits per heavy atom. The minimum atomic E-state index is -3.93. The number of hydrogen-bond acceptors (Lipinski definition) is 8. The number of carbonyl (C=O) groups is 1. The summed E-state index contributed by atoms with van der Waals surface area (Å²) in [7, 11) is -2.76. The SMILES string of the molecule is CNS(=O)(=O)OCC(=O)Nc1nc(C)c(Oc2ccc(C#N)cc2)s1. The molecular weight excluding hydrogens is 368 g/mol. The van der Waals surface area contributed by atoms with Gasteiger partial charge >= 0.3 is 10.3 Å². The number of carbonyl (C=O) groups excluding carboxylic acids is 1. The van der Waals surface area contributed by atoms with Crippen LogP contribution in [-0.2, 0) is 19.3 Å². The predicted molar refractivity (Wildman–Crippen MR) is 90.6 cm³/mol. The van der Waals surface area contributed by atoms with Crippen molar-refractivity contribution in [1.82, 2.24) is 9.71 Å². The topological polar surface area (TPSA) is 130 Å². The maximum Gasteiger partial charge on any atom is 0.336 e. The number of nitrogens with zero attached hydrogens (tertiary/aromatic N) is 2. The standard InChI is InChI=1S/C14H14N4O5S2/c1-9-13(23-11-5-3-10(7-15)4-6-11)24-14(17-9)18-12(19)8-22-25(20,21)16-2/h3-6,16H,8H2,1-2H3,(H,17,18,19). The van der Waals surface area contributed by atoms with E-state index in [0.717, 1.165) is 11.3 Å². The van der Waals surface area contributed by atoms with Gasteiger partial charge in [-0.15, -0.1) is 0 Å². The summed E-state index contributed by atoms with van der Waals surface area (Å²) in [5, 5.41) is 11.9. The average molecular weight is 382 g/mol. The zero-order chi connectivity index (χ0) is 18.4. The Labute approximate surface area is 148 Å². The fourth-order valence-electron chi connectivity index (χ4n) is 1.58. The second-order valence-corrected chi connectivity index (χ2v) is 7.11. The Balaban J connectivity index is 1.99. The van der Waals surface area contributed by atoms with Gasteiger partial charge in [0.05, 0.1) is 17.3 Å². The molecule has 2 rings (SSSR count). The molecule has 2 N–H and O–H groups in total. The van der Waals surface area contributed by atoms with Crippen LogP contribution >= 0.6 is 11.3 Å². The summed E-state index contributed by atoms with van der Waals surface area (Å²) in [5.74, 6) is -0.149. The summed E-state index contributed by atoms with van der Waals surface area (Å²) in [4.78, 5) is 15.8. The molecule has 1 aromatic carbocycles. The van der Waals surface area contributed by atoms with Crippen LogP contribution in [0.2, 0.25) is 0 Å². The number of thiazole rings is 1. The van der Waals surface area contributed by atoms with Crippen LogP contribution < -0.4 is 14.8 Å². The maximum absolute atomic E-state index is 11.7. The third-order valence-electron chi connectivity index (χ3n) is 2.79. The number of hydrogen-bond donors (Lipinski definition) is 2. The summed E-state index contributed by atoms with van der Waals surface area (Å²) in [6.07, 6.45) is 0. The molecule has 0 atom stereocenters. The van der Waals surface area contributed by atoms with Crippen molar-refractivity contribution in [2.75, 3.05) is 19.0 Å². The van der Waals surface area contributed by atoms with Gasteiger partial charge in [0, 0.05) is 7.05 Å². The van der Waals surface area contributed by atoms with Crippen molar-refractivity contribution in [2.24, 2.45) is 0 Å². The molecule has 0 spiro atoms. The molecule has 1 heterocycles. The Morgan fingerprint density at radius 1 is 1.36 bits per heavy atom. The van der Waals surface area contributed by atoms with E-state index in [1.165, 1.54) is 7.05 Å². The van der Waals surface area contributed by atoms with Gasteiger partial charge in [0.15, 0.2) is 5.13 Å². The molecular formula is C14H14N4O5S2. The molecule has 0 fully saturated rings. The molecule has 0 saturated heterocycles. The molecule has 11 heteroatoms. The number of aromatic nitrogens is 1. The normalized spacial score (nSPS) is 10.9. The smallest absolute Gasteiger partial charge is 0.336 e. The van der Waals surface area contributed by atoms with Crippen molar-refractivity contribution in [3.05, 3.63) is 35.5 Å². The van der Waals surface area contributed by atoms with Crippen LogP contribution in [0.5, 0.6) is 10.8 Å². The van der Waals surface area contributed by atoms with Gasteiger partial charge in [-0.3, -0.25) is 10.1 Å². The number of benzene rings is 1. The van der Waals surface area contributed by atoms with Crippen molar-refractivity contribution in [2.45, 2.75) is 6.92 Å². The number of rotatable bonds is 7. The van der Waals surface area contributed by atoms with E-state index in [1.807, 2.05) is 10.8 Å². The summed E-state index contributed by atoms with van der Waals surface area (Å²) in [6, 6.07) is 8.54. The molecule has 0 radical (unpaired) electrons. The van der Waals surface area contributed by atoms with Gasteiger partial charge in [0.1, 0.15) is 12.4 Å². The fraction of sp³-hybridized carbons (Fsp3) is 0.214. The monoisotopic (exact) mass is 382 g/mol. The van der Waals surface area contributed by atoms with E-state index in [1.54, 1.807) is 31.2 Å². The van der Waals surface area contributed by atoms with E-state index in [-0.39, 0.29) is 5.13 Å². The van der Waals surface area contributed by atoms with Crippen LogP contribution in [0.25, 0.3) is 0 Å². The molecule has 25 heavy (non-hydrogen) atoms. The van der Waals surface area contributed by atoms with E-state index < -0.39 is 22.8 Å². The molecule has 0 aliphatic carbocycles. The highest BCUT2D eigenvalue weighted by molar-refractivity contribution is 7.84. The molecule has 132 valence electrons. The third-order valence-corrected chi connectivity index (χ3v) is 4.67. The van der Waals surface area contributed by atoms with Crippen molar-refractivity contribution < 1.29 is 22.1 Å². The van der Waals surface area contributed by atoms with Crippen molar-refractivity contribution in [3.63, 3.8) is 0 Å². The number of ether oxygens (including phenoxy) is 1. The van der Waals surface area contributed by atoms with Gasteiger partial charge in [-0.05, 0) is 31.2 Å². The van der Waals surface area contributed by atoms with E-state index >= 15 is 0 Å². The lowest BCUT2D eigenvalue weighted by atomic mass is 10.2. The Bertz CT molecular complexity index is 900. The summed E-state index contributed by atoms with van der Waals surface area (Å²) >= 11 is 1.08. The van der Waals surface area contributed by atoms with E-state index in [4.69, 9.17) is 10.00 Å². The molecule has 0 unspecified atom stereocenters.